The zero-order valence-electron chi connectivity index (χ0n) is 26.6. The zero-order chi connectivity index (χ0) is 33.2. The fourth-order valence-corrected chi connectivity index (χ4v) is 6.46. The van der Waals surface area contributed by atoms with Crippen molar-refractivity contribution in [1.82, 2.24) is 19.3 Å². The molecule has 6 rings (SSSR count). The zero-order valence-corrected chi connectivity index (χ0v) is 30.5. The van der Waals surface area contributed by atoms with E-state index in [1.165, 1.54) is 36.0 Å². The molecule has 0 radical (unpaired) electrons. The van der Waals surface area contributed by atoms with Crippen LogP contribution in [-0.4, -0.2) is 27.4 Å². The Labute approximate surface area is 319 Å². The molecule has 6 aromatic rings. The molecular formula is C34H28FKN4O7S. The molecule has 0 aliphatic carbocycles. The molecule has 0 aliphatic heterocycles. The van der Waals surface area contributed by atoms with Crippen LogP contribution in [-0.2, 0) is 29.0 Å². The molecule has 3 aromatic carbocycles. The Morgan fingerprint density at radius 1 is 1.02 bits per heavy atom. The third-order valence-electron chi connectivity index (χ3n) is 7.71. The number of hydrogen-bond acceptors (Lipinski definition) is 9. The average molecular weight is 695 g/mol. The number of benzene rings is 3. The third kappa shape index (κ3) is 7.23. The van der Waals surface area contributed by atoms with Crippen molar-refractivity contribution in [3.8, 4) is 28.3 Å². The maximum Gasteiger partial charge on any atom is 1.00 e. The van der Waals surface area contributed by atoms with Crippen molar-refractivity contribution in [1.29, 1.82) is 0 Å². The molecule has 48 heavy (non-hydrogen) atoms. The fourth-order valence-electron chi connectivity index (χ4n) is 5.38. The van der Waals surface area contributed by atoms with Crippen LogP contribution in [0.3, 0.4) is 0 Å². The average Bonchev–Trinajstić information content (AvgIpc) is 3.71. The van der Waals surface area contributed by atoms with E-state index in [9.17, 15) is 19.2 Å². The maximum absolute atomic E-state index is 15.8. The van der Waals surface area contributed by atoms with Gasteiger partial charge in [0.05, 0.1) is 25.6 Å². The second kappa shape index (κ2) is 15.1. The molecule has 14 heteroatoms. The van der Waals surface area contributed by atoms with Gasteiger partial charge < -0.3 is 19.0 Å². The first-order valence-corrected chi connectivity index (χ1v) is 15.4. The smallest absolute Gasteiger partial charge is 0.497 e. The number of aryl methyl sites for hydroxylation is 1. The minimum absolute atomic E-state index is 0. The van der Waals surface area contributed by atoms with Crippen LogP contribution in [0.15, 0.2) is 91.7 Å². The number of methoxy groups -OCH3 is 1. The Morgan fingerprint density at radius 3 is 2.38 bits per heavy atom. The molecule has 0 saturated carbocycles. The number of aromatic nitrogens is 4. The molecular weight excluding hydrogens is 667 g/mol. The summed E-state index contributed by atoms with van der Waals surface area (Å²) in [7, 11) is 1.52. The fraction of sp³-hybridized carbons (Fsp3) is 0.206. The van der Waals surface area contributed by atoms with Gasteiger partial charge in [-0.3, -0.25) is 23.9 Å². The minimum Gasteiger partial charge on any atom is -0.497 e. The number of halogens is 1. The number of fused-ring (bicyclic) bond motifs is 1. The maximum atomic E-state index is 15.8. The van der Waals surface area contributed by atoms with Crippen molar-refractivity contribution in [2.24, 2.45) is 0 Å². The number of ether oxygens (including phenoxy) is 2. The van der Waals surface area contributed by atoms with Gasteiger partial charge in [-0.2, -0.15) is 0 Å². The van der Waals surface area contributed by atoms with Gasteiger partial charge in [-0.05, 0) is 58.8 Å². The number of carbonyl (C=O) groups is 1. The van der Waals surface area contributed by atoms with E-state index in [-0.39, 0.29) is 75.9 Å². The van der Waals surface area contributed by atoms with E-state index in [4.69, 9.17) is 9.47 Å². The molecule has 11 nitrogen and oxygen atoms in total. The summed E-state index contributed by atoms with van der Waals surface area (Å²) in [5.41, 5.74) is 1.13. The third-order valence-corrected chi connectivity index (χ3v) is 9.01. The first-order chi connectivity index (χ1) is 22.7. The second-order valence-electron chi connectivity index (χ2n) is 10.7. The van der Waals surface area contributed by atoms with Crippen molar-refractivity contribution in [2.75, 3.05) is 7.11 Å². The standard InChI is InChI=1S/C34H29FN4O7S.K/c1-4-24-16-27-31(41)38(18-29(45-19(2)40)20-11-13-23(44-3)14-12-20)34(43)39(32(27)47-24)17-22-10-9-21(15-28(22)35)25-7-5-6-8-26(25)30-36-33(42)46-37-30;/h5-16,29H,4,17-18H2,1-3H3,(H,36,37,42);/q;+1/p-1. The first kappa shape index (κ1) is 35.4. The van der Waals surface area contributed by atoms with Gasteiger partial charge >= 0.3 is 68.8 Å². The van der Waals surface area contributed by atoms with Crippen LogP contribution >= 0.6 is 11.3 Å². The molecule has 3 heterocycles. The van der Waals surface area contributed by atoms with E-state index in [0.29, 0.717) is 44.6 Å². The minimum atomic E-state index is -0.952. The van der Waals surface area contributed by atoms with E-state index in [2.05, 4.69) is 14.7 Å². The predicted molar refractivity (Wildman–Crippen MR) is 173 cm³/mol. The van der Waals surface area contributed by atoms with Crippen LogP contribution in [0, 0.1) is 5.82 Å². The summed E-state index contributed by atoms with van der Waals surface area (Å²) in [6.45, 7) is 2.77. The van der Waals surface area contributed by atoms with E-state index in [1.54, 1.807) is 66.7 Å². The topological polar surface area (TPSA) is 137 Å². The number of esters is 1. The van der Waals surface area contributed by atoms with Gasteiger partial charge in [0, 0.05) is 17.4 Å². The van der Waals surface area contributed by atoms with Gasteiger partial charge in [-0.1, -0.05) is 55.5 Å². The van der Waals surface area contributed by atoms with Crippen LogP contribution in [0.25, 0.3) is 32.7 Å². The van der Waals surface area contributed by atoms with Crippen molar-refractivity contribution in [3.63, 3.8) is 0 Å². The van der Waals surface area contributed by atoms with Crippen LogP contribution in [0.1, 0.15) is 36.0 Å². The van der Waals surface area contributed by atoms with Crippen molar-refractivity contribution in [3.05, 3.63) is 126 Å². The van der Waals surface area contributed by atoms with Crippen LogP contribution in [0.4, 0.5) is 4.39 Å². The summed E-state index contributed by atoms with van der Waals surface area (Å²) in [6, 6.07) is 20.1. The van der Waals surface area contributed by atoms with Crippen molar-refractivity contribution in [2.45, 2.75) is 39.5 Å². The number of hydrogen-bond donors (Lipinski definition) is 0. The molecule has 0 amide bonds. The quantitative estimate of drug-likeness (QED) is 0.156. The molecule has 1 atom stereocenters. The van der Waals surface area contributed by atoms with Crippen LogP contribution in [0.5, 0.6) is 5.75 Å². The van der Waals surface area contributed by atoms with Gasteiger partial charge in [-0.25, -0.2) is 14.0 Å². The van der Waals surface area contributed by atoms with Crippen LogP contribution in [0.2, 0.25) is 0 Å². The Balaban J connectivity index is 0.00000451. The number of carbonyl (C=O) groups excluding carboxylic acids is 1. The first-order valence-electron chi connectivity index (χ1n) is 14.6. The summed E-state index contributed by atoms with van der Waals surface area (Å²) >= 11 is 1.30. The van der Waals surface area contributed by atoms with Gasteiger partial charge in [0.2, 0.25) is 0 Å². The Bertz CT molecular complexity index is 2290. The largest absolute Gasteiger partial charge is 1.00 e. The van der Waals surface area contributed by atoms with Gasteiger partial charge in [-0.15, -0.1) is 11.3 Å². The Kier molecular flexibility index (Phi) is 11.1. The van der Waals surface area contributed by atoms with Crippen molar-refractivity contribution < 1.29 is 74.6 Å². The molecule has 1 unspecified atom stereocenters. The summed E-state index contributed by atoms with van der Waals surface area (Å²) in [4.78, 5) is 56.4. The Morgan fingerprint density at radius 2 is 1.75 bits per heavy atom. The predicted octanol–water partition coefficient (Wildman–Crippen LogP) is 1.93. The summed E-state index contributed by atoms with van der Waals surface area (Å²) in [5, 5.41) is 4.02. The van der Waals surface area contributed by atoms with Crippen LogP contribution < -0.4 is 78.1 Å². The molecule has 0 N–H and O–H groups in total. The Hall–Kier alpha value is -3.92. The van der Waals surface area contributed by atoms with Gasteiger partial charge in [0.1, 0.15) is 22.5 Å². The monoisotopic (exact) mass is 694 g/mol. The number of thiophene rings is 1. The van der Waals surface area contributed by atoms with Gasteiger partial charge in [0.25, 0.3) is 5.56 Å². The summed E-state index contributed by atoms with van der Waals surface area (Å²) < 4.78 is 33.6. The molecule has 0 bridgehead atoms. The normalized spacial score (nSPS) is 11.7. The van der Waals surface area contributed by atoms with E-state index in [1.807, 2.05) is 6.92 Å². The van der Waals surface area contributed by atoms with E-state index >= 15 is 4.39 Å². The molecule has 0 saturated heterocycles. The molecule has 0 aliphatic rings. The van der Waals surface area contributed by atoms with E-state index in [0.717, 1.165) is 9.44 Å². The summed E-state index contributed by atoms with van der Waals surface area (Å²) in [6.07, 6.45) is -0.321. The molecule has 0 fully saturated rings. The van der Waals surface area contributed by atoms with E-state index < -0.39 is 34.9 Å². The molecule has 0 spiro atoms. The van der Waals surface area contributed by atoms with Crippen molar-refractivity contribution >= 4 is 27.5 Å². The number of nitrogens with zero attached hydrogens (tertiary/aromatic N) is 4. The second-order valence-corrected chi connectivity index (χ2v) is 11.8. The molecule has 3 aromatic heterocycles. The molecule has 240 valence electrons. The number of rotatable bonds is 10. The SMILES string of the molecule is CCc1cc2c(=O)n(CC(OC(C)=O)c3ccc(OC)cc3)c(=O)n(Cc3ccc(-c4ccccc4-c4noc(=O)[n-]4)cc3F)c2s1.[K+]. The van der Waals surface area contributed by atoms with Gasteiger partial charge in [0.15, 0.2) is 0 Å². The summed E-state index contributed by atoms with van der Waals surface area (Å²) in [5.74, 6) is -1.34.